The van der Waals surface area contributed by atoms with Crippen LogP contribution in [-0.4, -0.2) is 31.4 Å². The number of hydrogen-bond donors (Lipinski definition) is 0. The van der Waals surface area contributed by atoms with Gasteiger partial charge in [-0.3, -0.25) is 4.79 Å². The summed E-state index contributed by atoms with van der Waals surface area (Å²) in [7, 11) is 0. The molecule has 0 saturated heterocycles. The van der Waals surface area contributed by atoms with Crippen LogP contribution in [-0.2, 0) is 9.53 Å². The fourth-order valence-corrected chi connectivity index (χ4v) is 0.163. The summed E-state index contributed by atoms with van der Waals surface area (Å²) in [6, 6.07) is 0. The van der Waals surface area contributed by atoms with Gasteiger partial charge in [0.15, 0.2) is 0 Å². The third-order valence-corrected chi connectivity index (χ3v) is 0.408. The fraction of sp³-hybridized carbons (Fsp3) is 0.571. The van der Waals surface area contributed by atoms with Crippen LogP contribution in [0.3, 0.4) is 0 Å². The van der Waals surface area contributed by atoms with E-state index in [2.05, 4.69) is 4.74 Å². The average molecular weight is 236 g/mol. The predicted molar refractivity (Wildman–Crippen MR) is 38.9 cm³/mol. The Bertz CT molecular complexity index is 413. The Kier molecular flexibility index (Phi) is 1.24. The molecule has 0 atom stereocenters. The first-order valence-electron chi connectivity index (χ1n) is 7.76. The van der Waals surface area contributed by atoms with Crippen molar-refractivity contribution < 1.29 is 46.1 Å². The van der Waals surface area contributed by atoms with Gasteiger partial charge in [0.05, 0.1) is 33.3 Å². The standard InChI is InChI=1S/C7H14NO2.BrH/c1-7(9)10-6-5-8(2,3)4;/h5-6H,1-4H3;1H/q+1;/p-1/b6-5+;/i2D3,3D3,4D3,5D,6D,8+1;. The van der Waals surface area contributed by atoms with E-state index in [0.717, 1.165) is 6.92 Å². The van der Waals surface area contributed by atoms with Crippen LogP contribution in [0.15, 0.2) is 12.4 Å². The van der Waals surface area contributed by atoms with Crippen LogP contribution >= 0.6 is 0 Å². The Balaban J connectivity index is 0. The van der Waals surface area contributed by atoms with Crippen LogP contribution in [0, 0.1) is 0 Å². The van der Waals surface area contributed by atoms with E-state index in [0.29, 0.717) is 0 Å². The van der Waals surface area contributed by atoms with Crippen LogP contribution in [0.1, 0.15) is 22.0 Å². The van der Waals surface area contributed by atoms with E-state index in [-0.39, 0.29) is 17.0 Å². The molecule has 0 spiro atoms. The molecule has 0 aliphatic carbocycles. The van der Waals surface area contributed by atoms with E-state index >= 15 is 0 Å². The molecule has 0 aromatic rings. The number of halogens is 1. The molecule has 0 radical (unpaired) electrons. The van der Waals surface area contributed by atoms with E-state index in [1.54, 1.807) is 0 Å². The van der Waals surface area contributed by atoms with Gasteiger partial charge in [0.25, 0.3) is 0 Å². The molecule has 0 rings (SSSR count). The molecular weight excluding hydrogens is 211 g/mol. The quantitative estimate of drug-likeness (QED) is 0.234. The highest BCUT2D eigenvalue weighted by Crippen LogP contribution is 1.91. The zero-order chi connectivity index (χ0) is 17.4. The van der Waals surface area contributed by atoms with Crippen LogP contribution in [0.2, 0.25) is 0 Å². The second-order valence-corrected chi connectivity index (χ2v) is 1.48. The molecule has 0 unspecified atom stereocenters. The molecule has 3 nitrogen and oxygen atoms in total. The van der Waals surface area contributed by atoms with Crippen LogP contribution < -0.4 is 17.0 Å². The molecular formula is C7H14BrNO2. The summed E-state index contributed by atoms with van der Waals surface area (Å²) in [4.78, 5) is 10.7. The maximum atomic E-state index is 10.7. The van der Waals surface area contributed by atoms with E-state index in [1.807, 2.05) is 0 Å². The van der Waals surface area contributed by atoms with Gasteiger partial charge in [0, 0.05) is 6.92 Å². The maximum Gasteiger partial charge on any atom is 0.307 e. The highest BCUT2D eigenvalue weighted by atomic mass is 79.9. The first-order chi connectivity index (χ1) is 9.00. The van der Waals surface area contributed by atoms with Crippen molar-refractivity contribution in [3.63, 3.8) is 0 Å². The van der Waals surface area contributed by atoms with Crippen molar-refractivity contribution in [2.75, 3.05) is 20.9 Å². The summed E-state index contributed by atoms with van der Waals surface area (Å²) >= 11 is 0. The molecule has 66 valence electrons. The lowest BCUT2D eigenvalue weighted by Crippen LogP contribution is -3.00. The molecule has 0 heterocycles. The van der Waals surface area contributed by atoms with Gasteiger partial charge in [0.2, 0.25) is 0 Å². The number of nitrogens with zero attached hydrogens (tertiary/aromatic N) is 1. The summed E-state index contributed by atoms with van der Waals surface area (Å²) in [5.74, 6) is -1.12. The molecule has 0 aliphatic heterocycles. The van der Waals surface area contributed by atoms with Gasteiger partial charge in [-0.15, -0.1) is 0 Å². The normalized spacial score (nSPS) is 30.8. The zero-order valence-electron chi connectivity index (χ0n) is 16.6. The van der Waals surface area contributed by atoms with Gasteiger partial charge in [-0.25, -0.2) is 0 Å². The lowest BCUT2D eigenvalue weighted by Gasteiger charge is -2.16. The van der Waals surface area contributed by atoms with Gasteiger partial charge < -0.3 is 26.2 Å². The van der Waals surface area contributed by atoms with E-state index in [1.165, 1.54) is 0 Å². The summed E-state index contributed by atoms with van der Waals surface area (Å²) in [6.07, 6.45) is -3.11. The molecule has 0 N–H and O–H groups in total. The first-order valence-corrected chi connectivity index (χ1v) is 2.26. The van der Waals surface area contributed by atoms with Crippen LogP contribution in [0.4, 0.5) is 0 Å². The summed E-state index contributed by atoms with van der Waals surface area (Å²) in [5, 5.41) is 0. The number of ether oxygens (including phenoxy) is 1. The minimum Gasteiger partial charge on any atom is -1.00 e. The first kappa shape index (κ1) is 2.57. The molecule has 0 amide bonds. The molecule has 0 saturated carbocycles. The molecule has 0 fully saturated rings. The van der Waals surface area contributed by atoms with Gasteiger partial charge in [-0.2, -0.15) is 0 Å². The van der Waals surface area contributed by atoms with Crippen molar-refractivity contribution in [3.05, 3.63) is 12.4 Å². The van der Waals surface area contributed by atoms with Gasteiger partial charge in [-0.1, -0.05) is 0 Å². The number of hydrogen-bond acceptors (Lipinski definition) is 2. The number of quaternary nitrogens is 1. The second kappa shape index (κ2) is 5.32. The number of rotatable bonds is 2. The third kappa shape index (κ3) is 12.8. The summed E-state index contributed by atoms with van der Waals surface area (Å²) in [5.41, 5.74) is 0. The Morgan fingerprint density at radius 1 is 1.64 bits per heavy atom. The second-order valence-electron chi connectivity index (χ2n) is 1.48. The average Bonchev–Trinajstić information content (AvgIpc) is 2.08. The molecule has 11 heavy (non-hydrogen) atoms. The highest BCUT2D eigenvalue weighted by molar-refractivity contribution is 5.66. The number of carbonyl (C=O) groups excluding carboxylic acids is 1. The monoisotopic (exact) mass is 235 g/mol. The van der Waals surface area contributed by atoms with Crippen LogP contribution in [0.5, 0.6) is 0 Å². The van der Waals surface area contributed by atoms with Gasteiger partial charge in [-0.05, 0) is 0 Å². The van der Waals surface area contributed by atoms with E-state index in [4.69, 9.17) is 15.1 Å². The third-order valence-electron chi connectivity index (χ3n) is 0.408. The maximum absolute atomic E-state index is 10.7. The molecule has 0 aliphatic rings. The van der Waals surface area contributed by atoms with Crippen molar-refractivity contribution >= 4 is 5.97 Å². The Morgan fingerprint density at radius 3 is 2.55 bits per heavy atom. The molecule has 0 bridgehead atoms. The lowest BCUT2D eigenvalue weighted by atomic mass is 10.8. The smallest absolute Gasteiger partial charge is 0.307 e. The van der Waals surface area contributed by atoms with Gasteiger partial charge in [0.1, 0.15) is 15.2 Å². The summed E-state index contributed by atoms with van der Waals surface area (Å²) in [6.45, 7) is -10.3. The van der Waals surface area contributed by atoms with Crippen molar-refractivity contribution in [1.82, 2.24) is 0 Å². The van der Waals surface area contributed by atoms with Crippen molar-refractivity contribution in [3.8, 4) is 0 Å². The largest absolute Gasteiger partial charge is 1.00 e. The predicted octanol–water partition coefficient (Wildman–Crippen LogP) is -2.27. The topological polar surface area (TPSA) is 26.3 Å². The van der Waals surface area contributed by atoms with Gasteiger partial charge >= 0.3 is 5.97 Å². The Hall–Kier alpha value is -0.350. The Labute approximate surface area is 93.5 Å². The minimum absolute atomic E-state index is 0. The SMILES string of the molecule is [2H]/C(OC(C)=O)=C(/[2H])[15N+](C([2H])([2H])[2H])(C([2H])([2H])[2H])C([2H])([2H])[2H].[Br-]. The Morgan fingerprint density at radius 2 is 2.18 bits per heavy atom. The molecule has 0 aromatic heterocycles. The molecule has 0 aromatic carbocycles. The fourth-order valence-electron chi connectivity index (χ4n) is 0.163. The molecule has 4 heteroatoms. The van der Waals surface area contributed by atoms with E-state index in [9.17, 15) is 4.79 Å². The van der Waals surface area contributed by atoms with Crippen molar-refractivity contribution in [2.45, 2.75) is 6.92 Å². The minimum atomic E-state index is -3.72. The number of carbonyl (C=O) groups is 1. The van der Waals surface area contributed by atoms with Crippen LogP contribution in [0.25, 0.3) is 0 Å². The van der Waals surface area contributed by atoms with Crippen molar-refractivity contribution in [2.24, 2.45) is 0 Å². The van der Waals surface area contributed by atoms with E-state index < -0.39 is 43.8 Å². The number of esters is 1. The lowest BCUT2D eigenvalue weighted by molar-refractivity contribution is -0.817. The van der Waals surface area contributed by atoms with Crippen molar-refractivity contribution in [1.29, 1.82) is 0 Å². The highest BCUT2D eigenvalue weighted by Gasteiger charge is 1.99. The zero-order valence-corrected chi connectivity index (χ0v) is 7.23. The summed E-state index contributed by atoms with van der Waals surface area (Å²) < 4.78 is 81.6.